The molecule has 4 aromatic heterocycles. The van der Waals surface area contributed by atoms with Gasteiger partial charge in [-0.25, -0.2) is 15.0 Å². The van der Waals surface area contributed by atoms with Gasteiger partial charge in [0.2, 0.25) is 0 Å². The van der Waals surface area contributed by atoms with E-state index in [-0.39, 0.29) is 0 Å². The van der Waals surface area contributed by atoms with E-state index in [9.17, 15) is 0 Å². The van der Waals surface area contributed by atoms with Crippen molar-refractivity contribution in [1.29, 1.82) is 0 Å². The van der Waals surface area contributed by atoms with Gasteiger partial charge in [-0.15, -0.1) is 11.3 Å². The molecule has 57 heavy (non-hydrogen) atoms. The Kier molecular flexibility index (Phi) is 7.07. The van der Waals surface area contributed by atoms with Crippen molar-refractivity contribution in [3.63, 3.8) is 0 Å². The van der Waals surface area contributed by atoms with Crippen LogP contribution in [0.25, 0.3) is 111 Å². The summed E-state index contributed by atoms with van der Waals surface area (Å²) in [4.78, 5) is 16.2. The molecule has 0 saturated heterocycles. The Morgan fingerprint density at radius 2 is 1.39 bits per heavy atom. The Bertz CT molecular complexity index is 3480. The fourth-order valence-electron chi connectivity index (χ4n) is 8.51. The lowest BCUT2D eigenvalue weighted by molar-refractivity contribution is 0.669. The SMILES string of the molecule is C1=C=Cc2c(sc3cc4c(cc23)c2cc(-c3cccc5oc6cc(-c7nc(C8=CC=CCC8)nc(-c8ccccc8)n7)ccc6c35)ccc2n4-c2ccccc2)C=1. The molecule has 0 unspecified atom stereocenters. The molecule has 6 heteroatoms. The van der Waals surface area contributed by atoms with Crippen LogP contribution in [0.2, 0.25) is 0 Å². The molecular formula is C51H30N4OS. The van der Waals surface area contributed by atoms with Crippen LogP contribution >= 0.6 is 11.3 Å². The van der Waals surface area contributed by atoms with E-state index in [1.165, 1.54) is 42.3 Å². The summed E-state index contributed by atoms with van der Waals surface area (Å²) in [6.45, 7) is 0. The van der Waals surface area contributed by atoms with Crippen LogP contribution in [0, 0.1) is 0 Å². The maximum absolute atomic E-state index is 6.64. The summed E-state index contributed by atoms with van der Waals surface area (Å²) in [5.74, 6) is 2.00. The van der Waals surface area contributed by atoms with Crippen LogP contribution in [0.5, 0.6) is 0 Å². The van der Waals surface area contributed by atoms with E-state index in [0.717, 1.165) is 68.3 Å². The molecule has 6 aromatic carbocycles. The fraction of sp³-hybridized carbons (Fsp3) is 0.0392. The Hall–Kier alpha value is -7.33. The van der Waals surface area contributed by atoms with Crippen LogP contribution in [0.4, 0.5) is 0 Å². The normalized spacial score (nSPS) is 13.4. The zero-order valence-electron chi connectivity index (χ0n) is 30.5. The maximum Gasteiger partial charge on any atom is 0.164 e. The minimum Gasteiger partial charge on any atom is -0.456 e. The molecule has 0 aliphatic heterocycles. The second-order valence-electron chi connectivity index (χ2n) is 14.5. The summed E-state index contributed by atoms with van der Waals surface area (Å²) in [7, 11) is 0. The third-order valence-corrected chi connectivity index (χ3v) is 12.3. The average Bonchev–Trinajstić information content (AvgIpc) is 3.94. The second-order valence-corrected chi connectivity index (χ2v) is 15.6. The molecule has 0 bridgehead atoms. The second kappa shape index (κ2) is 12.6. The van der Waals surface area contributed by atoms with Crippen molar-refractivity contribution in [3.8, 4) is 39.6 Å². The summed E-state index contributed by atoms with van der Waals surface area (Å²) >= 11 is 1.81. The molecule has 266 valence electrons. The molecule has 0 atom stereocenters. The molecule has 2 aliphatic rings. The predicted molar refractivity (Wildman–Crippen MR) is 235 cm³/mol. The van der Waals surface area contributed by atoms with Gasteiger partial charge in [0.15, 0.2) is 17.5 Å². The number of furan rings is 1. The Labute approximate surface area is 331 Å². The van der Waals surface area contributed by atoms with E-state index in [1.54, 1.807) is 0 Å². The minimum absolute atomic E-state index is 0.626. The van der Waals surface area contributed by atoms with Crippen LogP contribution in [-0.2, 0) is 0 Å². The van der Waals surface area contributed by atoms with Gasteiger partial charge < -0.3 is 8.98 Å². The number of hydrogen-bond acceptors (Lipinski definition) is 5. The van der Waals surface area contributed by atoms with Crippen molar-refractivity contribution in [3.05, 3.63) is 173 Å². The van der Waals surface area contributed by atoms with E-state index in [0.29, 0.717) is 17.5 Å². The Balaban J connectivity index is 1.03. The number of nitrogens with zero attached hydrogens (tertiary/aromatic N) is 4. The molecule has 12 rings (SSSR count). The van der Waals surface area contributed by atoms with Crippen molar-refractivity contribution in [2.45, 2.75) is 12.8 Å². The molecule has 0 fully saturated rings. The third-order valence-electron chi connectivity index (χ3n) is 11.2. The van der Waals surface area contributed by atoms with Crippen LogP contribution < -0.4 is 0 Å². The van der Waals surface area contributed by atoms with Crippen molar-refractivity contribution in [2.24, 2.45) is 0 Å². The first-order chi connectivity index (χ1) is 28.2. The fourth-order valence-corrected chi connectivity index (χ4v) is 9.59. The lowest BCUT2D eigenvalue weighted by Gasteiger charge is -2.11. The summed E-state index contributed by atoms with van der Waals surface area (Å²) in [5.41, 5.74) is 17.9. The van der Waals surface area contributed by atoms with Gasteiger partial charge in [-0.05, 0) is 90.2 Å². The Morgan fingerprint density at radius 1 is 0.596 bits per heavy atom. The summed E-state index contributed by atoms with van der Waals surface area (Å²) in [6.07, 6.45) is 12.3. The molecule has 0 amide bonds. The highest BCUT2D eigenvalue weighted by Crippen LogP contribution is 2.44. The van der Waals surface area contributed by atoms with Crippen molar-refractivity contribution < 1.29 is 4.42 Å². The molecule has 5 nitrogen and oxygen atoms in total. The quantitative estimate of drug-likeness (QED) is 0.165. The summed E-state index contributed by atoms with van der Waals surface area (Å²) in [6, 6.07) is 45.1. The van der Waals surface area contributed by atoms with Crippen molar-refractivity contribution >= 4 is 82.9 Å². The van der Waals surface area contributed by atoms with Crippen LogP contribution in [-0.4, -0.2) is 19.5 Å². The van der Waals surface area contributed by atoms with E-state index >= 15 is 0 Å². The van der Waals surface area contributed by atoms with E-state index in [1.807, 2.05) is 47.7 Å². The highest BCUT2D eigenvalue weighted by molar-refractivity contribution is 7.20. The summed E-state index contributed by atoms with van der Waals surface area (Å²) in [5, 5.41) is 5.81. The number of thiophene rings is 1. The van der Waals surface area contributed by atoms with Crippen LogP contribution in [0.3, 0.4) is 0 Å². The van der Waals surface area contributed by atoms with Gasteiger partial charge in [0.1, 0.15) is 11.2 Å². The van der Waals surface area contributed by atoms with E-state index in [4.69, 9.17) is 19.4 Å². The van der Waals surface area contributed by atoms with Gasteiger partial charge >= 0.3 is 0 Å². The third kappa shape index (κ3) is 5.14. The van der Waals surface area contributed by atoms with E-state index in [2.05, 4.69) is 137 Å². The monoisotopic (exact) mass is 746 g/mol. The van der Waals surface area contributed by atoms with Crippen molar-refractivity contribution in [2.75, 3.05) is 0 Å². The van der Waals surface area contributed by atoms with Gasteiger partial charge in [-0.1, -0.05) is 102 Å². The molecule has 4 heterocycles. The molecule has 10 aromatic rings. The van der Waals surface area contributed by atoms with Gasteiger partial charge in [-0.2, -0.15) is 0 Å². The minimum atomic E-state index is 0.626. The van der Waals surface area contributed by atoms with Crippen molar-refractivity contribution in [1.82, 2.24) is 19.5 Å². The smallest absolute Gasteiger partial charge is 0.164 e. The van der Waals surface area contributed by atoms with Crippen LogP contribution in [0.15, 0.2) is 162 Å². The first kappa shape index (κ1) is 32.0. The van der Waals surface area contributed by atoms with Crippen LogP contribution in [0.1, 0.15) is 29.1 Å². The maximum atomic E-state index is 6.64. The number of fused-ring (bicyclic) bond motifs is 9. The first-order valence-corrected chi connectivity index (χ1v) is 20.0. The number of para-hydroxylation sites is 1. The van der Waals surface area contributed by atoms with Gasteiger partial charge in [0, 0.05) is 65.0 Å². The van der Waals surface area contributed by atoms with Gasteiger partial charge in [-0.3, -0.25) is 0 Å². The van der Waals surface area contributed by atoms with Gasteiger partial charge in [0.25, 0.3) is 0 Å². The molecule has 0 radical (unpaired) electrons. The number of aromatic nitrogens is 4. The average molecular weight is 747 g/mol. The standard InChI is InChI=1S/C51H30N4OS/c1-4-13-31(14-5-1)49-52-50(32-15-6-2-7-16-32)54-51(53-49)34-23-25-38-45(28-34)56-44-21-12-20-36(48(38)44)33-24-26-42-39(27-33)40-29-41-37-19-10-11-22-46(37)57-47(41)30-43(40)55(42)35-17-8-3-9-18-35/h1-6,8-9,12-15,17-30H,7,16H2. The molecule has 0 spiro atoms. The van der Waals surface area contributed by atoms with E-state index < -0.39 is 0 Å². The molecule has 0 N–H and O–H groups in total. The molecule has 0 saturated carbocycles. The zero-order valence-corrected chi connectivity index (χ0v) is 31.3. The number of rotatable bonds is 5. The molecule has 2 aliphatic carbocycles. The topological polar surface area (TPSA) is 56.7 Å². The first-order valence-electron chi connectivity index (χ1n) is 19.1. The number of benzene rings is 6. The number of hydrogen-bond donors (Lipinski definition) is 0. The number of allylic oxidation sites excluding steroid dienone is 4. The lowest BCUT2D eigenvalue weighted by Crippen LogP contribution is -2.03. The highest BCUT2D eigenvalue weighted by atomic mass is 32.1. The zero-order chi connectivity index (χ0) is 37.5. The van der Waals surface area contributed by atoms with Gasteiger partial charge in [0.05, 0.1) is 11.0 Å². The lowest BCUT2D eigenvalue weighted by atomic mass is 9.97. The predicted octanol–water partition coefficient (Wildman–Crippen LogP) is 13.6. The largest absolute Gasteiger partial charge is 0.456 e. The summed E-state index contributed by atoms with van der Waals surface area (Å²) < 4.78 is 10.3. The highest BCUT2D eigenvalue weighted by Gasteiger charge is 2.21. The Morgan fingerprint density at radius 3 is 2.25 bits per heavy atom. The molecular weight excluding hydrogens is 717 g/mol.